The molecule has 0 spiro atoms. The molecule has 0 radical (unpaired) electrons. The Morgan fingerprint density at radius 1 is 1.14 bits per heavy atom. The third-order valence-corrected chi connectivity index (χ3v) is 5.99. The maximum atomic E-state index is 13.6. The molecule has 0 aliphatic rings. The molecule has 29 heavy (non-hydrogen) atoms. The molecule has 2 aromatic rings. The lowest BCUT2D eigenvalue weighted by Crippen LogP contribution is -2.33. The van der Waals surface area contributed by atoms with Crippen molar-refractivity contribution in [1.82, 2.24) is 5.32 Å². The van der Waals surface area contributed by atoms with Crippen LogP contribution in [-0.2, 0) is 0 Å². The zero-order valence-corrected chi connectivity index (χ0v) is 19.5. The minimum absolute atomic E-state index is 0.0317. The topological polar surface area (TPSA) is 29.1 Å². The molecule has 156 valence electrons. The van der Waals surface area contributed by atoms with Crippen LogP contribution in [0.15, 0.2) is 42.5 Å². The molecule has 2 nitrogen and oxygen atoms in total. The highest BCUT2D eigenvalue weighted by Gasteiger charge is 2.39. The van der Waals surface area contributed by atoms with Crippen LogP contribution in [0.2, 0.25) is 15.1 Å². The number of amides is 1. The molecule has 0 aromatic heterocycles. The smallest absolute Gasteiger partial charge is 0.349 e. The predicted molar refractivity (Wildman–Crippen MR) is 122 cm³/mol. The molecule has 0 saturated carbocycles. The predicted octanol–water partition coefficient (Wildman–Crippen LogP) is 7.56. The highest BCUT2D eigenvalue weighted by molar-refractivity contribution is 14.1. The van der Waals surface area contributed by atoms with Crippen molar-refractivity contribution in [2.45, 2.75) is 25.1 Å². The molecule has 1 N–H and O–H groups in total. The second-order valence-corrected chi connectivity index (χ2v) is 8.51. The van der Waals surface area contributed by atoms with Gasteiger partial charge in [-0.2, -0.15) is 13.2 Å². The molecule has 0 aliphatic carbocycles. The van der Waals surface area contributed by atoms with Crippen molar-refractivity contribution in [1.29, 1.82) is 0 Å². The molecular formula is C20H16Cl3F3INO. The number of rotatable bonds is 6. The van der Waals surface area contributed by atoms with Crippen molar-refractivity contribution in [3.8, 4) is 0 Å². The summed E-state index contributed by atoms with van der Waals surface area (Å²) in [6, 6.07) is 8.25. The molecule has 2 rings (SSSR count). The molecule has 1 amide bonds. The lowest BCUT2D eigenvalue weighted by Gasteiger charge is -2.18. The second-order valence-electron chi connectivity index (χ2n) is 6.35. The molecule has 0 aliphatic heterocycles. The van der Waals surface area contributed by atoms with Crippen molar-refractivity contribution >= 4 is 69.4 Å². The lowest BCUT2D eigenvalue weighted by atomic mass is 9.97. The average molecular weight is 577 g/mol. The fraction of sp³-hybridized carbons (Fsp3) is 0.250. The molecule has 0 saturated heterocycles. The minimum atomic E-state index is -4.54. The van der Waals surface area contributed by atoms with Crippen molar-refractivity contribution in [2.75, 3.05) is 4.43 Å². The normalized spacial score (nSPS) is 14.1. The highest BCUT2D eigenvalue weighted by Crippen LogP contribution is 2.38. The number of hydrogen-bond donors (Lipinski definition) is 1. The van der Waals surface area contributed by atoms with Gasteiger partial charge in [0.1, 0.15) is 0 Å². The molecule has 9 heteroatoms. The number of carbonyl (C=O) groups excluding carboxylic acids is 1. The maximum absolute atomic E-state index is 13.6. The highest BCUT2D eigenvalue weighted by atomic mass is 127. The summed E-state index contributed by atoms with van der Waals surface area (Å²) in [5, 5.41) is 3.18. The van der Waals surface area contributed by atoms with Gasteiger partial charge in [-0.1, -0.05) is 75.6 Å². The number of hydrogen-bond acceptors (Lipinski definition) is 1. The SMILES string of the molecule is C[C@H](CI)NC(=O)c1ccc(/C=C/C(c2cc(Cl)cc(Cl)c2)C(F)(F)F)cc1Cl. The Hall–Kier alpha value is -0.960. The van der Waals surface area contributed by atoms with Crippen LogP contribution in [0.1, 0.15) is 34.3 Å². The first-order chi connectivity index (χ1) is 13.5. The van der Waals surface area contributed by atoms with Crippen LogP contribution in [0.4, 0.5) is 13.2 Å². The van der Waals surface area contributed by atoms with Crippen molar-refractivity contribution in [3.63, 3.8) is 0 Å². The van der Waals surface area contributed by atoms with Gasteiger partial charge in [-0.25, -0.2) is 0 Å². The number of carbonyl (C=O) groups is 1. The van der Waals surface area contributed by atoms with Crippen LogP contribution in [0, 0.1) is 0 Å². The Morgan fingerprint density at radius 2 is 1.76 bits per heavy atom. The molecular weight excluding hydrogens is 560 g/mol. The molecule has 0 heterocycles. The Labute approximate surface area is 195 Å². The summed E-state index contributed by atoms with van der Waals surface area (Å²) in [7, 11) is 0. The van der Waals surface area contributed by atoms with E-state index in [-0.39, 0.29) is 38.1 Å². The number of alkyl halides is 4. The Morgan fingerprint density at radius 3 is 2.28 bits per heavy atom. The second kappa shape index (κ2) is 10.4. The van der Waals surface area contributed by atoms with Crippen molar-refractivity contribution in [2.24, 2.45) is 0 Å². The van der Waals surface area contributed by atoms with Crippen LogP contribution < -0.4 is 5.32 Å². The molecule has 0 bridgehead atoms. The van der Waals surface area contributed by atoms with Gasteiger partial charge < -0.3 is 5.32 Å². The summed E-state index contributed by atoms with van der Waals surface area (Å²) in [5.41, 5.74) is 0.617. The number of allylic oxidation sites excluding steroid dienone is 1. The summed E-state index contributed by atoms with van der Waals surface area (Å²) in [6.45, 7) is 1.86. The van der Waals surface area contributed by atoms with Gasteiger partial charge >= 0.3 is 6.18 Å². The standard InChI is InChI=1S/C20H16Cl3F3INO/c1-11(10-27)28-19(29)16-4-2-12(6-18(16)23)3-5-17(20(24,25)26)13-7-14(21)9-15(22)8-13/h2-9,11,17H,10H2,1H3,(H,28,29)/b5-3+/t11-,17?/m1/s1. The van der Waals surface area contributed by atoms with Crippen LogP contribution in [0.5, 0.6) is 0 Å². The summed E-state index contributed by atoms with van der Waals surface area (Å²) in [4.78, 5) is 12.2. The Bertz CT molecular complexity index is 898. The minimum Gasteiger partial charge on any atom is -0.349 e. The van der Waals surface area contributed by atoms with E-state index in [9.17, 15) is 18.0 Å². The largest absolute Gasteiger partial charge is 0.399 e. The number of benzene rings is 2. The number of nitrogens with one attached hydrogen (secondary N) is 1. The van der Waals surface area contributed by atoms with Gasteiger partial charge in [0.05, 0.1) is 16.5 Å². The summed E-state index contributed by atoms with van der Waals surface area (Å²) in [5.74, 6) is -2.23. The van der Waals surface area contributed by atoms with Crippen molar-refractivity contribution in [3.05, 3.63) is 74.2 Å². The first-order valence-electron chi connectivity index (χ1n) is 8.38. The third-order valence-electron chi connectivity index (χ3n) is 3.92. The van der Waals surface area contributed by atoms with E-state index >= 15 is 0 Å². The van der Waals surface area contributed by atoms with E-state index in [2.05, 4.69) is 27.9 Å². The summed E-state index contributed by atoms with van der Waals surface area (Å²) < 4.78 is 41.4. The van der Waals surface area contributed by atoms with E-state index in [1.807, 2.05) is 6.92 Å². The third kappa shape index (κ3) is 7.05. The van der Waals surface area contributed by atoms with Crippen LogP contribution in [0.3, 0.4) is 0 Å². The number of halogens is 7. The van der Waals surface area contributed by atoms with Gasteiger partial charge in [0.2, 0.25) is 0 Å². The first kappa shape index (κ1) is 24.3. The summed E-state index contributed by atoms with van der Waals surface area (Å²) >= 11 is 20.0. The zero-order chi connectivity index (χ0) is 21.8. The molecule has 2 atom stereocenters. The summed E-state index contributed by atoms with van der Waals surface area (Å²) in [6.07, 6.45) is -2.23. The van der Waals surface area contributed by atoms with E-state index in [0.717, 1.165) is 10.5 Å². The van der Waals surface area contributed by atoms with Gasteiger partial charge in [0.25, 0.3) is 5.91 Å². The van der Waals surface area contributed by atoms with E-state index < -0.39 is 12.1 Å². The van der Waals surface area contributed by atoms with E-state index in [1.54, 1.807) is 0 Å². The fourth-order valence-electron chi connectivity index (χ4n) is 2.53. The fourth-order valence-corrected chi connectivity index (χ4v) is 3.57. The molecule has 1 unspecified atom stereocenters. The van der Waals surface area contributed by atoms with Crippen molar-refractivity contribution < 1.29 is 18.0 Å². The quantitative estimate of drug-likeness (QED) is 0.279. The van der Waals surface area contributed by atoms with E-state index in [4.69, 9.17) is 34.8 Å². The lowest BCUT2D eigenvalue weighted by molar-refractivity contribution is -0.139. The van der Waals surface area contributed by atoms with Crippen LogP contribution in [0.25, 0.3) is 6.08 Å². The van der Waals surface area contributed by atoms with E-state index in [0.29, 0.717) is 5.56 Å². The van der Waals surface area contributed by atoms with E-state index in [1.165, 1.54) is 42.5 Å². The van der Waals surface area contributed by atoms with Gasteiger partial charge in [-0.15, -0.1) is 0 Å². The molecule has 0 fully saturated rings. The maximum Gasteiger partial charge on any atom is 0.399 e. The van der Waals surface area contributed by atoms with Gasteiger partial charge in [0, 0.05) is 20.5 Å². The van der Waals surface area contributed by atoms with Crippen LogP contribution >= 0.6 is 57.4 Å². The monoisotopic (exact) mass is 575 g/mol. The molecule has 2 aromatic carbocycles. The first-order valence-corrected chi connectivity index (χ1v) is 11.0. The Kier molecular flexibility index (Phi) is 8.70. The van der Waals surface area contributed by atoms with Gasteiger partial charge in [-0.05, 0) is 48.4 Å². The van der Waals surface area contributed by atoms with Gasteiger partial charge in [0.15, 0.2) is 0 Å². The van der Waals surface area contributed by atoms with Gasteiger partial charge in [-0.3, -0.25) is 4.79 Å². The zero-order valence-electron chi connectivity index (χ0n) is 15.0. The van der Waals surface area contributed by atoms with Crippen LogP contribution in [-0.4, -0.2) is 22.6 Å². The average Bonchev–Trinajstić information content (AvgIpc) is 2.59. The Balaban J connectivity index is 2.30.